The van der Waals surface area contributed by atoms with Crippen molar-refractivity contribution in [2.24, 2.45) is 0 Å². The van der Waals surface area contributed by atoms with Gasteiger partial charge in [-0.15, -0.1) is 0 Å². The van der Waals surface area contributed by atoms with Crippen LogP contribution in [0.5, 0.6) is 5.75 Å². The highest BCUT2D eigenvalue weighted by Crippen LogP contribution is 2.22. The molecule has 0 radical (unpaired) electrons. The van der Waals surface area contributed by atoms with Crippen LogP contribution in [0.2, 0.25) is 0 Å². The Bertz CT molecular complexity index is 501. The Morgan fingerprint density at radius 2 is 1.79 bits per heavy atom. The molecule has 1 aromatic carbocycles. The third-order valence-electron chi connectivity index (χ3n) is 3.73. The molecule has 0 saturated heterocycles. The minimum atomic E-state index is 0.935. The van der Waals surface area contributed by atoms with Gasteiger partial charge in [0.25, 0.3) is 0 Å². The lowest BCUT2D eigenvalue weighted by Gasteiger charge is -2.06. The Morgan fingerprint density at radius 1 is 1.00 bits per heavy atom. The quantitative estimate of drug-likeness (QED) is 0.608. The summed E-state index contributed by atoms with van der Waals surface area (Å²) in [7, 11) is 1.72. The Kier molecular flexibility index (Phi) is 5.31. The normalized spacial score (nSPS) is 11.1. The van der Waals surface area contributed by atoms with E-state index in [9.17, 15) is 0 Å². The SMILES string of the molecule is CCCCCCCCn1ccc2cc(OC)ccc21. The smallest absolute Gasteiger partial charge is 0.119 e. The van der Waals surface area contributed by atoms with Gasteiger partial charge < -0.3 is 9.30 Å². The number of fused-ring (bicyclic) bond motifs is 1. The molecule has 2 aromatic rings. The topological polar surface area (TPSA) is 14.2 Å². The molecule has 0 N–H and O–H groups in total. The van der Waals surface area contributed by atoms with E-state index in [0.717, 1.165) is 12.3 Å². The predicted octanol–water partition coefficient (Wildman–Crippen LogP) is 5.01. The summed E-state index contributed by atoms with van der Waals surface area (Å²) in [4.78, 5) is 0. The van der Waals surface area contributed by atoms with E-state index in [-0.39, 0.29) is 0 Å². The van der Waals surface area contributed by atoms with Gasteiger partial charge in [-0.05, 0) is 30.7 Å². The van der Waals surface area contributed by atoms with Gasteiger partial charge >= 0.3 is 0 Å². The summed E-state index contributed by atoms with van der Waals surface area (Å²) < 4.78 is 7.61. The van der Waals surface area contributed by atoms with Crippen molar-refractivity contribution in [1.82, 2.24) is 4.57 Å². The summed E-state index contributed by atoms with van der Waals surface area (Å²) in [5, 5.41) is 1.27. The maximum Gasteiger partial charge on any atom is 0.119 e. The van der Waals surface area contributed by atoms with Crippen molar-refractivity contribution in [2.45, 2.75) is 52.0 Å². The van der Waals surface area contributed by atoms with Crippen LogP contribution in [0, 0.1) is 0 Å². The van der Waals surface area contributed by atoms with Gasteiger partial charge in [-0.25, -0.2) is 0 Å². The minimum absolute atomic E-state index is 0.935. The van der Waals surface area contributed by atoms with E-state index < -0.39 is 0 Å². The van der Waals surface area contributed by atoms with Gasteiger partial charge in [0.05, 0.1) is 7.11 Å². The van der Waals surface area contributed by atoms with Crippen molar-refractivity contribution < 1.29 is 4.74 Å². The lowest BCUT2D eigenvalue weighted by molar-refractivity contribution is 0.415. The first-order valence-corrected chi connectivity index (χ1v) is 7.48. The van der Waals surface area contributed by atoms with Crippen molar-refractivity contribution in [1.29, 1.82) is 0 Å². The van der Waals surface area contributed by atoms with Crippen LogP contribution in [0.4, 0.5) is 0 Å². The molecule has 0 amide bonds. The number of methoxy groups -OCH3 is 1. The Balaban J connectivity index is 1.87. The second-order valence-electron chi connectivity index (χ2n) is 5.20. The second-order valence-corrected chi connectivity index (χ2v) is 5.20. The van der Waals surface area contributed by atoms with Gasteiger partial charge in [0, 0.05) is 23.6 Å². The van der Waals surface area contributed by atoms with Crippen LogP contribution in [0.15, 0.2) is 30.5 Å². The monoisotopic (exact) mass is 259 g/mol. The van der Waals surface area contributed by atoms with Crippen LogP contribution in [-0.4, -0.2) is 11.7 Å². The van der Waals surface area contributed by atoms with E-state index in [4.69, 9.17) is 4.74 Å². The Morgan fingerprint density at radius 3 is 2.58 bits per heavy atom. The van der Waals surface area contributed by atoms with Gasteiger partial charge in [0.1, 0.15) is 5.75 Å². The standard InChI is InChI=1S/C17H25NO/c1-3-4-5-6-7-8-12-18-13-11-15-14-16(19-2)9-10-17(15)18/h9-11,13-14H,3-8,12H2,1-2H3. The van der Waals surface area contributed by atoms with Gasteiger partial charge in [0.15, 0.2) is 0 Å². The molecule has 2 nitrogen and oxygen atoms in total. The minimum Gasteiger partial charge on any atom is -0.497 e. The van der Waals surface area contributed by atoms with Crippen molar-refractivity contribution in [2.75, 3.05) is 7.11 Å². The molecule has 0 bridgehead atoms. The molecular weight excluding hydrogens is 234 g/mol. The molecule has 0 aliphatic carbocycles. The third kappa shape index (κ3) is 3.76. The first-order valence-electron chi connectivity index (χ1n) is 7.48. The molecule has 0 saturated carbocycles. The fourth-order valence-corrected chi connectivity index (χ4v) is 2.56. The third-order valence-corrected chi connectivity index (χ3v) is 3.73. The largest absolute Gasteiger partial charge is 0.497 e. The lowest BCUT2D eigenvalue weighted by Crippen LogP contribution is -1.96. The van der Waals surface area contributed by atoms with Crippen molar-refractivity contribution in [3.63, 3.8) is 0 Å². The molecule has 104 valence electrons. The Hall–Kier alpha value is -1.44. The number of hydrogen-bond acceptors (Lipinski definition) is 1. The Labute approximate surface area is 116 Å². The summed E-state index contributed by atoms with van der Waals surface area (Å²) in [5.74, 6) is 0.935. The van der Waals surface area contributed by atoms with Gasteiger partial charge in [-0.1, -0.05) is 39.0 Å². The highest BCUT2D eigenvalue weighted by Gasteiger charge is 2.02. The van der Waals surface area contributed by atoms with E-state index in [1.807, 2.05) is 6.07 Å². The van der Waals surface area contributed by atoms with Gasteiger partial charge in [0.2, 0.25) is 0 Å². The van der Waals surface area contributed by atoms with Crippen LogP contribution >= 0.6 is 0 Å². The van der Waals surface area contributed by atoms with Crippen LogP contribution < -0.4 is 4.74 Å². The van der Waals surface area contributed by atoms with Crippen molar-refractivity contribution in [3.05, 3.63) is 30.5 Å². The molecule has 0 aliphatic rings. The maximum atomic E-state index is 5.26. The van der Waals surface area contributed by atoms with E-state index in [2.05, 4.69) is 35.9 Å². The summed E-state index contributed by atoms with van der Waals surface area (Å²) in [6.45, 7) is 3.39. The number of benzene rings is 1. The van der Waals surface area contributed by atoms with Crippen molar-refractivity contribution >= 4 is 10.9 Å². The molecule has 0 unspecified atom stereocenters. The van der Waals surface area contributed by atoms with E-state index in [0.29, 0.717) is 0 Å². The maximum absolute atomic E-state index is 5.26. The summed E-state index contributed by atoms with van der Waals surface area (Å²) in [5.41, 5.74) is 1.31. The first-order chi connectivity index (χ1) is 9.35. The van der Waals surface area contributed by atoms with E-state index >= 15 is 0 Å². The summed E-state index contributed by atoms with van der Waals surface area (Å²) in [6, 6.07) is 8.48. The molecule has 0 spiro atoms. The molecule has 2 rings (SSSR count). The number of rotatable bonds is 8. The lowest BCUT2D eigenvalue weighted by atomic mass is 10.1. The number of unbranched alkanes of at least 4 members (excludes halogenated alkanes) is 5. The number of aryl methyl sites for hydroxylation is 1. The average Bonchev–Trinajstić information content (AvgIpc) is 2.85. The molecular formula is C17H25NO. The number of nitrogens with zero attached hydrogens (tertiary/aromatic N) is 1. The zero-order valence-electron chi connectivity index (χ0n) is 12.2. The molecule has 2 heteroatoms. The zero-order valence-corrected chi connectivity index (χ0v) is 12.2. The number of aromatic nitrogens is 1. The second kappa shape index (κ2) is 7.22. The first kappa shape index (κ1) is 14.0. The van der Waals surface area contributed by atoms with E-state index in [1.54, 1.807) is 7.11 Å². The fraction of sp³-hybridized carbons (Fsp3) is 0.529. The van der Waals surface area contributed by atoms with Gasteiger partial charge in [-0.3, -0.25) is 0 Å². The average molecular weight is 259 g/mol. The predicted molar refractivity (Wildman–Crippen MR) is 81.9 cm³/mol. The van der Waals surface area contributed by atoms with Crippen LogP contribution in [0.25, 0.3) is 10.9 Å². The zero-order chi connectivity index (χ0) is 13.5. The molecule has 0 fully saturated rings. The summed E-state index contributed by atoms with van der Waals surface area (Å²) >= 11 is 0. The molecule has 19 heavy (non-hydrogen) atoms. The molecule has 1 heterocycles. The van der Waals surface area contributed by atoms with Gasteiger partial charge in [-0.2, -0.15) is 0 Å². The highest BCUT2D eigenvalue weighted by atomic mass is 16.5. The van der Waals surface area contributed by atoms with Crippen LogP contribution in [0.1, 0.15) is 45.4 Å². The van der Waals surface area contributed by atoms with Crippen LogP contribution in [0.3, 0.4) is 0 Å². The highest BCUT2D eigenvalue weighted by molar-refractivity contribution is 5.81. The van der Waals surface area contributed by atoms with Crippen molar-refractivity contribution in [3.8, 4) is 5.75 Å². The fourth-order valence-electron chi connectivity index (χ4n) is 2.56. The number of ether oxygens (including phenoxy) is 1. The summed E-state index contributed by atoms with van der Waals surface area (Å²) in [6.07, 6.45) is 10.3. The molecule has 0 atom stereocenters. The molecule has 1 aromatic heterocycles. The number of hydrogen-bond donors (Lipinski definition) is 0. The molecule has 0 aliphatic heterocycles. The van der Waals surface area contributed by atoms with Crippen LogP contribution in [-0.2, 0) is 6.54 Å². The van der Waals surface area contributed by atoms with E-state index in [1.165, 1.54) is 49.4 Å².